The maximum absolute atomic E-state index is 13.0. The summed E-state index contributed by atoms with van der Waals surface area (Å²) in [5, 5.41) is 3.16. The van der Waals surface area contributed by atoms with E-state index >= 15 is 0 Å². The fourth-order valence-corrected chi connectivity index (χ4v) is 4.61. The van der Waals surface area contributed by atoms with Crippen LogP contribution in [0.1, 0.15) is 33.1 Å². The molecule has 1 aromatic rings. The monoisotopic (exact) mass is 370 g/mol. The van der Waals surface area contributed by atoms with E-state index in [0.717, 1.165) is 25.8 Å². The van der Waals surface area contributed by atoms with Crippen LogP contribution >= 0.6 is 0 Å². The Balaban J connectivity index is 2.12. The largest absolute Gasteiger partial charge is 0.490 e. The van der Waals surface area contributed by atoms with Crippen molar-refractivity contribution in [3.63, 3.8) is 0 Å². The lowest BCUT2D eigenvalue weighted by molar-refractivity contribution is 0.262. The minimum absolute atomic E-state index is 0.271. The molecule has 0 aliphatic carbocycles. The zero-order chi connectivity index (χ0) is 18.3. The van der Waals surface area contributed by atoms with Crippen molar-refractivity contribution in [2.75, 3.05) is 39.9 Å². The van der Waals surface area contributed by atoms with Gasteiger partial charge in [-0.3, -0.25) is 0 Å². The number of hydrogen-bond acceptors (Lipinski definition) is 5. The van der Waals surface area contributed by atoms with Crippen LogP contribution in [0.3, 0.4) is 0 Å². The summed E-state index contributed by atoms with van der Waals surface area (Å²) in [7, 11) is -1.55. The van der Waals surface area contributed by atoms with Crippen LogP contribution in [0.4, 0.5) is 0 Å². The Morgan fingerprint density at radius 2 is 1.76 bits per heavy atom. The molecule has 0 aromatic heterocycles. The average molecular weight is 371 g/mol. The quantitative estimate of drug-likeness (QED) is 0.723. The molecule has 142 valence electrons. The number of nitrogens with one attached hydrogen (secondary N) is 1. The smallest absolute Gasteiger partial charge is 0.243 e. The zero-order valence-corrected chi connectivity index (χ0v) is 16.3. The molecule has 0 bridgehead atoms. The van der Waals surface area contributed by atoms with Crippen molar-refractivity contribution < 1.29 is 17.9 Å². The van der Waals surface area contributed by atoms with E-state index in [1.165, 1.54) is 0 Å². The van der Waals surface area contributed by atoms with Gasteiger partial charge in [-0.05, 0) is 64.8 Å². The molecule has 7 heteroatoms. The fourth-order valence-electron chi connectivity index (χ4n) is 3.13. The first-order valence-corrected chi connectivity index (χ1v) is 10.5. The minimum Gasteiger partial charge on any atom is -0.490 e. The third-order valence-corrected chi connectivity index (χ3v) is 6.42. The molecule has 0 saturated carbocycles. The van der Waals surface area contributed by atoms with Crippen molar-refractivity contribution in [1.29, 1.82) is 0 Å². The molecule has 1 aliphatic heterocycles. The van der Waals surface area contributed by atoms with Crippen LogP contribution in [-0.4, -0.2) is 52.6 Å². The highest BCUT2D eigenvalue weighted by atomic mass is 32.2. The van der Waals surface area contributed by atoms with Gasteiger partial charge in [0.1, 0.15) is 0 Å². The lowest BCUT2D eigenvalue weighted by atomic mass is 9.95. The van der Waals surface area contributed by atoms with E-state index in [4.69, 9.17) is 9.47 Å². The number of piperidine rings is 1. The van der Waals surface area contributed by atoms with Crippen LogP contribution in [0.15, 0.2) is 23.1 Å². The Labute approximate surface area is 151 Å². The van der Waals surface area contributed by atoms with Crippen LogP contribution in [0.25, 0.3) is 0 Å². The number of sulfonamides is 1. The van der Waals surface area contributed by atoms with Crippen molar-refractivity contribution in [3.05, 3.63) is 18.2 Å². The van der Waals surface area contributed by atoms with Crippen molar-refractivity contribution in [2.45, 2.75) is 38.0 Å². The molecular formula is C18H30N2O4S. The maximum Gasteiger partial charge on any atom is 0.243 e. The van der Waals surface area contributed by atoms with Gasteiger partial charge in [-0.2, -0.15) is 4.31 Å². The van der Waals surface area contributed by atoms with Crippen molar-refractivity contribution in [3.8, 4) is 11.5 Å². The highest BCUT2D eigenvalue weighted by Crippen LogP contribution is 2.32. The lowest BCUT2D eigenvalue weighted by Crippen LogP contribution is -2.38. The van der Waals surface area contributed by atoms with Crippen molar-refractivity contribution in [1.82, 2.24) is 9.62 Å². The van der Waals surface area contributed by atoms with Crippen LogP contribution in [-0.2, 0) is 10.0 Å². The van der Waals surface area contributed by atoms with Crippen LogP contribution < -0.4 is 14.8 Å². The first-order chi connectivity index (χ1) is 12.0. The van der Waals surface area contributed by atoms with E-state index in [2.05, 4.69) is 5.32 Å². The Kier molecular flexibility index (Phi) is 7.53. The first-order valence-electron chi connectivity index (χ1n) is 9.07. The number of hydrogen-bond donors (Lipinski definition) is 1. The second-order valence-electron chi connectivity index (χ2n) is 6.21. The van der Waals surface area contributed by atoms with E-state index in [0.29, 0.717) is 43.7 Å². The summed E-state index contributed by atoms with van der Waals surface area (Å²) in [6.07, 6.45) is 2.93. The highest BCUT2D eigenvalue weighted by molar-refractivity contribution is 7.89. The molecule has 1 aliphatic rings. The second-order valence-corrected chi connectivity index (χ2v) is 8.15. The lowest BCUT2D eigenvalue weighted by Gasteiger charge is -2.31. The average Bonchev–Trinajstić information content (AvgIpc) is 2.62. The summed E-state index contributed by atoms with van der Waals surface area (Å²) in [5.41, 5.74) is 0. The van der Waals surface area contributed by atoms with Gasteiger partial charge in [-0.15, -0.1) is 0 Å². The van der Waals surface area contributed by atoms with Gasteiger partial charge in [0.05, 0.1) is 18.1 Å². The summed E-state index contributed by atoms with van der Waals surface area (Å²) in [6.45, 7) is 6.86. The topological polar surface area (TPSA) is 67.9 Å². The van der Waals surface area contributed by atoms with E-state index in [-0.39, 0.29) is 4.90 Å². The Morgan fingerprint density at radius 1 is 1.12 bits per heavy atom. The molecule has 0 spiro atoms. The minimum atomic E-state index is -3.50. The van der Waals surface area contributed by atoms with Gasteiger partial charge >= 0.3 is 0 Å². The normalized spacial score (nSPS) is 16.8. The van der Waals surface area contributed by atoms with Gasteiger partial charge in [-0.25, -0.2) is 8.42 Å². The fraction of sp³-hybridized carbons (Fsp3) is 0.667. The molecule has 1 saturated heterocycles. The third-order valence-electron chi connectivity index (χ3n) is 4.53. The Bertz CT molecular complexity index is 640. The van der Waals surface area contributed by atoms with E-state index in [1.807, 2.05) is 20.9 Å². The van der Waals surface area contributed by atoms with Gasteiger partial charge < -0.3 is 14.8 Å². The standard InChI is InChI=1S/C18H30N2O4S/c1-4-23-17-7-6-16(14-18(17)24-5-2)25(21,22)20-12-9-15(10-13-20)8-11-19-3/h6-7,14-15,19H,4-5,8-13H2,1-3H3. The van der Waals surface area contributed by atoms with Gasteiger partial charge in [0.2, 0.25) is 10.0 Å². The molecule has 0 unspecified atom stereocenters. The molecule has 1 aromatic carbocycles. The predicted octanol–water partition coefficient (Wildman–Crippen LogP) is 2.49. The Hall–Kier alpha value is -1.31. The van der Waals surface area contributed by atoms with Crippen LogP contribution in [0.2, 0.25) is 0 Å². The molecule has 0 atom stereocenters. The molecule has 1 fully saturated rings. The van der Waals surface area contributed by atoms with Crippen molar-refractivity contribution >= 4 is 10.0 Å². The predicted molar refractivity (Wildman–Crippen MR) is 98.8 cm³/mol. The Morgan fingerprint density at radius 3 is 2.36 bits per heavy atom. The molecule has 1 heterocycles. The van der Waals surface area contributed by atoms with Gasteiger partial charge in [0.15, 0.2) is 11.5 Å². The first kappa shape index (κ1) is 20.0. The number of rotatable bonds is 9. The van der Waals surface area contributed by atoms with E-state index in [9.17, 15) is 8.42 Å². The molecule has 2 rings (SSSR count). The maximum atomic E-state index is 13.0. The summed E-state index contributed by atoms with van der Waals surface area (Å²) in [4.78, 5) is 0.271. The van der Waals surface area contributed by atoms with Gasteiger partial charge in [0, 0.05) is 19.2 Å². The summed E-state index contributed by atoms with van der Waals surface area (Å²) in [6, 6.07) is 4.87. The molecule has 6 nitrogen and oxygen atoms in total. The summed E-state index contributed by atoms with van der Waals surface area (Å²) >= 11 is 0. The highest BCUT2D eigenvalue weighted by Gasteiger charge is 2.29. The van der Waals surface area contributed by atoms with Gasteiger partial charge in [-0.1, -0.05) is 0 Å². The summed E-state index contributed by atoms with van der Waals surface area (Å²) in [5.74, 6) is 1.65. The van der Waals surface area contributed by atoms with E-state index < -0.39 is 10.0 Å². The van der Waals surface area contributed by atoms with E-state index in [1.54, 1.807) is 22.5 Å². The third kappa shape index (κ3) is 5.09. The SMILES string of the molecule is CCOc1ccc(S(=O)(=O)N2CCC(CCNC)CC2)cc1OCC. The zero-order valence-electron chi connectivity index (χ0n) is 15.5. The number of benzene rings is 1. The molecule has 0 amide bonds. The number of ether oxygens (including phenoxy) is 2. The van der Waals surface area contributed by atoms with Gasteiger partial charge in [0.25, 0.3) is 0 Å². The second kappa shape index (κ2) is 9.40. The van der Waals surface area contributed by atoms with Crippen LogP contribution in [0.5, 0.6) is 11.5 Å². The molecule has 1 N–H and O–H groups in total. The molecular weight excluding hydrogens is 340 g/mol. The summed E-state index contributed by atoms with van der Waals surface area (Å²) < 4.78 is 38.6. The molecule has 25 heavy (non-hydrogen) atoms. The number of nitrogens with zero attached hydrogens (tertiary/aromatic N) is 1. The van der Waals surface area contributed by atoms with Crippen LogP contribution in [0, 0.1) is 5.92 Å². The molecule has 0 radical (unpaired) electrons. The van der Waals surface area contributed by atoms with Crippen molar-refractivity contribution in [2.24, 2.45) is 5.92 Å².